The van der Waals surface area contributed by atoms with E-state index >= 15 is 0 Å². The van der Waals surface area contributed by atoms with Crippen molar-refractivity contribution in [3.63, 3.8) is 0 Å². The summed E-state index contributed by atoms with van der Waals surface area (Å²) in [6.07, 6.45) is -1.51. The van der Waals surface area contributed by atoms with Crippen LogP contribution in [-0.2, 0) is 19.5 Å². The summed E-state index contributed by atoms with van der Waals surface area (Å²) in [5, 5.41) is 11.3. The minimum atomic E-state index is -3.53. The van der Waals surface area contributed by atoms with E-state index in [4.69, 9.17) is 9.47 Å². The lowest BCUT2D eigenvalue weighted by molar-refractivity contribution is 0.0181. The van der Waals surface area contributed by atoms with Crippen LogP contribution in [0.3, 0.4) is 0 Å². The molecule has 3 heterocycles. The Kier molecular flexibility index (Phi) is 3.16. The van der Waals surface area contributed by atoms with Gasteiger partial charge in [0.2, 0.25) is 10.0 Å². The normalized spacial score (nSPS) is 35.8. The highest BCUT2D eigenvalue weighted by molar-refractivity contribution is 7.91. The van der Waals surface area contributed by atoms with Gasteiger partial charge in [0.15, 0.2) is 0 Å². The molecule has 2 saturated heterocycles. The number of aliphatic hydroxyl groups excluding tert-OH is 1. The van der Waals surface area contributed by atoms with E-state index in [1.54, 1.807) is 17.5 Å². The standard InChI is InChI=1S/C10H13NO5S2/c12-7-5-16-9-6(4-15-10(7)9)11-18(13,14)8-2-1-3-17-8/h1-3,6-7,9-12H,4-5H2/t6-,7-,9-,10+/m1/s1. The van der Waals surface area contributed by atoms with Crippen molar-refractivity contribution >= 4 is 21.4 Å². The molecule has 1 aromatic rings. The zero-order valence-electron chi connectivity index (χ0n) is 9.35. The molecule has 0 spiro atoms. The second-order valence-electron chi connectivity index (χ2n) is 4.32. The molecule has 2 fully saturated rings. The fourth-order valence-corrected chi connectivity index (χ4v) is 4.49. The molecule has 0 saturated carbocycles. The Bertz CT molecular complexity index is 514. The number of thiophene rings is 1. The molecule has 18 heavy (non-hydrogen) atoms. The maximum atomic E-state index is 12.0. The van der Waals surface area contributed by atoms with Crippen molar-refractivity contribution in [1.29, 1.82) is 0 Å². The predicted molar refractivity (Wildman–Crippen MR) is 63.9 cm³/mol. The largest absolute Gasteiger partial charge is 0.388 e. The van der Waals surface area contributed by atoms with E-state index in [0.717, 1.165) is 11.3 Å². The highest BCUT2D eigenvalue weighted by Gasteiger charge is 2.48. The fourth-order valence-electron chi connectivity index (χ4n) is 2.25. The van der Waals surface area contributed by atoms with E-state index < -0.39 is 34.4 Å². The second-order valence-corrected chi connectivity index (χ2v) is 7.21. The molecular formula is C10H13NO5S2. The molecule has 2 aliphatic heterocycles. The minimum Gasteiger partial charge on any atom is -0.388 e. The summed E-state index contributed by atoms with van der Waals surface area (Å²) >= 11 is 1.16. The Balaban J connectivity index is 1.75. The van der Waals surface area contributed by atoms with E-state index in [2.05, 4.69) is 4.72 Å². The third-order valence-corrected chi connectivity index (χ3v) is 5.98. The lowest BCUT2D eigenvalue weighted by atomic mass is 10.1. The molecule has 8 heteroatoms. The van der Waals surface area contributed by atoms with Crippen LogP contribution < -0.4 is 4.72 Å². The van der Waals surface area contributed by atoms with E-state index in [0.29, 0.717) is 0 Å². The van der Waals surface area contributed by atoms with Crippen molar-refractivity contribution in [1.82, 2.24) is 4.72 Å². The van der Waals surface area contributed by atoms with Crippen molar-refractivity contribution in [2.45, 2.75) is 28.6 Å². The summed E-state index contributed by atoms with van der Waals surface area (Å²) in [6, 6.07) is 2.78. The molecule has 3 rings (SSSR count). The van der Waals surface area contributed by atoms with E-state index in [1.807, 2.05) is 0 Å². The van der Waals surface area contributed by atoms with Crippen molar-refractivity contribution in [2.24, 2.45) is 0 Å². The third-order valence-electron chi connectivity index (χ3n) is 3.09. The summed E-state index contributed by atoms with van der Waals surface area (Å²) in [5.41, 5.74) is 0. The fraction of sp³-hybridized carbons (Fsp3) is 0.600. The van der Waals surface area contributed by atoms with Gasteiger partial charge in [-0.3, -0.25) is 0 Å². The zero-order valence-corrected chi connectivity index (χ0v) is 11.0. The Morgan fingerprint density at radius 1 is 1.33 bits per heavy atom. The summed E-state index contributed by atoms with van der Waals surface area (Å²) in [5.74, 6) is 0. The number of hydrogen-bond acceptors (Lipinski definition) is 6. The molecule has 2 aliphatic rings. The molecule has 0 radical (unpaired) electrons. The number of aliphatic hydroxyl groups is 1. The maximum absolute atomic E-state index is 12.0. The highest BCUT2D eigenvalue weighted by Crippen LogP contribution is 2.28. The molecule has 0 aromatic carbocycles. The van der Waals surface area contributed by atoms with Crippen LogP contribution in [0, 0.1) is 0 Å². The molecular weight excluding hydrogens is 278 g/mol. The molecule has 4 atom stereocenters. The molecule has 100 valence electrons. The van der Waals surface area contributed by atoms with Gasteiger partial charge < -0.3 is 14.6 Å². The second kappa shape index (κ2) is 4.55. The maximum Gasteiger partial charge on any atom is 0.250 e. The topological polar surface area (TPSA) is 84.9 Å². The highest BCUT2D eigenvalue weighted by atomic mass is 32.2. The smallest absolute Gasteiger partial charge is 0.250 e. The summed E-state index contributed by atoms with van der Waals surface area (Å²) in [4.78, 5) is 0. The van der Waals surface area contributed by atoms with Gasteiger partial charge in [0.1, 0.15) is 22.5 Å². The number of nitrogens with one attached hydrogen (secondary N) is 1. The molecule has 2 N–H and O–H groups in total. The molecule has 0 bridgehead atoms. The van der Waals surface area contributed by atoms with Gasteiger partial charge >= 0.3 is 0 Å². The van der Waals surface area contributed by atoms with Crippen molar-refractivity contribution in [2.75, 3.05) is 13.2 Å². The summed E-state index contributed by atoms with van der Waals surface area (Å²) in [7, 11) is -3.53. The van der Waals surface area contributed by atoms with E-state index in [1.165, 1.54) is 0 Å². The van der Waals surface area contributed by atoms with Gasteiger partial charge in [-0.05, 0) is 11.4 Å². The molecule has 0 amide bonds. The minimum absolute atomic E-state index is 0.187. The third kappa shape index (κ3) is 2.09. The molecule has 1 aromatic heterocycles. The van der Waals surface area contributed by atoms with Gasteiger partial charge in [0.05, 0.1) is 19.3 Å². The average molecular weight is 291 g/mol. The number of rotatable bonds is 3. The first kappa shape index (κ1) is 12.5. The van der Waals surface area contributed by atoms with Crippen LogP contribution in [0.1, 0.15) is 0 Å². The van der Waals surface area contributed by atoms with Crippen molar-refractivity contribution < 1.29 is 23.0 Å². The van der Waals surface area contributed by atoms with Crippen LogP contribution in [0.2, 0.25) is 0 Å². The zero-order chi connectivity index (χ0) is 12.8. The van der Waals surface area contributed by atoms with Crippen molar-refractivity contribution in [3.8, 4) is 0 Å². The summed E-state index contributed by atoms with van der Waals surface area (Å²) in [6.45, 7) is 0.406. The van der Waals surface area contributed by atoms with Gasteiger partial charge in [-0.15, -0.1) is 11.3 Å². The van der Waals surface area contributed by atoms with Gasteiger partial charge in [0.25, 0.3) is 0 Å². The first-order chi connectivity index (χ1) is 8.58. The Labute approximate surface area is 109 Å². The van der Waals surface area contributed by atoms with Gasteiger partial charge in [-0.1, -0.05) is 6.07 Å². The number of ether oxygens (including phenoxy) is 2. The lowest BCUT2D eigenvalue weighted by Crippen LogP contribution is -2.43. The molecule has 0 unspecified atom stereocenters. The van der Waals surface area contributed by atoms with E-state index in [9.17, 15) is 13.5 Å². The predicted octanol–water partition coefficient (Wildman–Crippen LogP) is -0.446. The number of fused-ring (bicyclic) bond motifs is 1. The van der Waals surface area contributed by atoms with Crippen LogP contribution in [0.15, 0.2) is 21.7 Å². The van der Waals surface area contributed by atoms with Crippen LogP contribution in [0.5, 0.6) is 0 Å². The Morgan fingerprint density at radius 3 is 2.83 bits per heavy atom. The molecule has 0 aliphatic carbocycles. The number of hydrogen-bond donors (Lipinski definition) is 2. The van der Waals surface area contributed by atoms with Gasteiger partial charge in [-0.25, -0.2) is 13.1 Å². The van der Waals surface area contributed by atoms with Crippen LogP contribution in [0.4, 0.5) is 0 Å². The van der Waals surface area contributed by atoms with Crippen LogP contribution in [0.25, 0.3) is 0 Å². The first-order valence-corrected chi connectivity index (χ1v) is 7.91. The van der Waals surface area contributed by atoms with Crippen molar-refractivity contribution in [3.05, 3.63) is 17.5 Å². The Hall–Kier alpha value is -0.510. The lowest BCUT2D eigenvalue weighted by Gasteiger charge is -2.16. The first-order valence-electron chi connectivity index (χ1n) is 5.55. The van der Waals surface area contributed by atoms with Gasteiger partial charge in [-0.2, -0.15) is 0 Å². The number of sulfonamides is 1. The SMILES string of the molecule is O=S(=O)(N[C@@H]1CO[C@@H]2[C@@H]1OC[C@H]2O)c1cccs1. The van der Waals surface area contributed by atoms with Crippen LogP contribution in [-0.4, -0.2) is 51.1 Å². The Morgan fingerprint density at radius 2 is 2.11 bits per heavy atom. The average Bonchev–Trinajstić information content (AvgIpc) is 3.00. The quantitative estimate of drug-likeness (QED) is 0.788. The summed E-state index contributed by atoms with van der Waals surface area (Å²) < 4.78 is 37.7. The van der Waals surface area contributed by atoms with E-state index in [-0.39, 0.29) is 17.4 Å². The molecule has 6 nitrogen and oxygen atoms in total. The monoisotopic (exact) mass is 291 g/mol. The van der Waals surface area contributed by atoms with Crippen LogP contribution >= 0.6 is 11.3 Å². The van der Waals surface area contributed by atoms with Gasteiger partial charge in [0, 0.05) is 0 Å².